The lowest BCUT2D eigenvalue weighted by Crippen LogP contribution is -1.97. The predicted octanol–water partition coefficient (Wildman–Crippen LogP) is 4.19. The molecule has 4 heteroatoms. The highest BCUT2D eigenvalue weighted by atomic mass is 35.5. The Morgan fingerprint density at radius 3 is 2.79 bits per heavy atom. The van der Waals surface area contributed by atoms with Crippen LogP contribution in [0, 0.1) is 0 Å². The normalized spacial score (nSPS) is 11.6. The SMILES string of the molecule is On1cc2c3ccccc3nc-2c2ccc(Cl)cc21. The Morgan fingerprint density at radius 2 is 1.89 bits per heavy atom. The number of nitrogens with zero attached hydrogens (tertiary/aromatic N) is 2. The van der Waals surface area contributed by atoms with Crippen LogP contribution in [-0.4, -0.2) is 14.9 Å². The van der Waals surface area contributed by atoms with Gasteiger partial charge in [0, 0.05) is 21.4 Å². The van der Waals surface area contributed by atoms with Gasteiger partial charge in [0.1, 0.15) is 0 Å². The summed E-state index contributed by atoms with van der Waals surface area (Å²) in [6, 6.07) is 13.3. The molecule has 0 fully saturated rings. The number of hydrogen-bond acceptors (Lipinski definition) is 2. The first-order valence-corrected chi connectivity index (χ1v) is 6.30. The molecule has 0 aromatic heterocycles. The van der Waals surface area contributed by atoms with Crippen LogP contribution in [0.4, 0.5) is 0 Å². The Hall–Kier alpha value is -2.26. The van der Waals surface area contributed by atoms with Crippen LogP contribution in [0.3, 0.4) is 0 Å². The third kappa shape index (κ3) is 1.42. The van der Waals surface area contributed by atoms with Crippen molar-refractivity contribution >= 4 is 33.4 Å². The Morgan fingerprint density at radius 1 is 1.05 bits per heavy atom. The number of aromatic nitrogens is 2. The van der Waals surface area contributed by atoms with Gasteiger partial charge >= 0.3 is 0 Å². The van der Waals surface area contributed by atoms with Crippen LogP contribution >= 0.6 is 11.6 Å². The topological polar surface area (TPSA) is 38.0 Å². The van der Waals surface area contributed by atoms with E-state index < -0.39 is 0 Å². The quantitative estimate of drug-likeness (QED) is 0.486. The molecule has 2 aliphatic heterocycles. The molecule has 0 radical (unpaired) electrons. The van der Waals surface area contributed by atoms with Crippen molar-refractivity contribution in [3.8, 4) is 11.3 Å². The molecule has 2 aromatic rings. The van der Waals surface area contributed by atoms with Gasteiger partial charge in [-0.05, 0) is 24.3 Å². The largest absolute Gasteiger partial charge is 0.428 e. The highest BCUT2D eigenvalue weighted by Crippen LogP contribution is 2.36. The van der Waals surface area contributed by atoms with Crippen LogP contribution in [0.5, 0.6) is 0 Å². The van der Waals surface area contributed by atoms with E-state index in [-0.39, 0.29) is 0 Å². The van der Waals surface area contributed by atoms with Gasteiger partial charge in [-0.25, -0.2) is 4.98 Å². The molecule has 0 spiro atoms. The Bertz CT molecular complexity index is 897. The van der Waals surface area contributed by atoms with Gasteiger partial charge in [0.2, 0.25) is 0 Å². The minimum atomic E-state index is 0.589. The van der Waals surface area contributed by atoms with Gasteiger partial charge in [0.25, 0.3) is 0 Å². The first-order chi connectivity index (χ1) is 9.24. The second-order valence-corrected chi connectivity index (χ2v) is 4.96. The molecule has 2 heterocycles. The molecular weight excluding hydrogens is 260 g/mol. The van der Waals surface area contributed by atoms with Crippen molar-refractivity contribution in [1.82, 2.24) is 9.71 Å². The fourth-order valence-corrected chi connectivity index (χ4v) is 2.70. The fourth-order valence-electron chi connectivity index (χ4n) is 2.53. The maximum atomic E-state index is 10.1. The molecule has 19 heavy (non-hydrogen) atoms. The molecule has 0 aliphatic carbocycles. The average molecular weight is 269 g/mol. The van der Waals surface area contributed by atoms with E-state index >= 15 is 0 Å². The van der Waals surface area contributed by atoms with Crippen molar-refractivity contribution in [2.24, 2.45) is 0 Å². The Labute approximate surface area is 114 Å². The van der Waals surface area contributed by atoms with Crippen LogP contribution < -0.4 is 0 Å². The number of rotatable bonds is 0. The standard InChI is InChI=1S/C15H9ClN2O/c16-9-5-6-11-14(7-9)18(19)8-12-10-3-1-2-4-13(10)17-15(11)12/h1-8,19H. The molecule has 0 unspecified atom stereocenters. The molecule has 0 bridgehead atoms. The van der Waals surface area contributed by atoms with E-state index in [1.165, 1.54) is 0 Å². The van der Waals surface area contributed by atoms with Crippen molar-refractivity contribution < 1.29 is 5.21 Å². The summed E-state index contributed by atoms with van der Waals surface area (Å²) in [5, 5.41) is 12.6. The Balaban J connectivity index is 2.27. The van der Waals surface area contributed by atoms with E-state index in [0.29, 0.717) is 10.5 Å². The summed E-state index contributed by atoms with van der Waals surface area (Å²) in [6.07, 6.45) is 1.68. The molecule has 2 aromatic carbocycles. The summed E-state index contributed by atoms with van der Waals surface area (Å²) in [5.74, 6) is 0. The minimum absolute atomic E-state index is 0.589. The summed E-state index contributed by atoms with van der Waals surface area (Å²) in [7, 11) is 0. The van der Waals surface area contributed by atoms with E-state index in [0.717, 1.165) is 32.3 Å². The van der Waals surface area contributed by atoms with E-state index in [9.17, 15) is 5.21 Å². The van der Waals surface area contributed by atoms with Crippen molar-refractivity contribution in [2.75, 3.05) is 0 Å². The zero-order valence-electron chi connectivity index (χ0n) is 9.84. The summed E-state index contributed by atoms with van der Waals surface area (Å²) < 4.78 is 1.11. The van der Waals surface area contributed by atoms with Gasteiger partial charge in [-0.3, -0.25) is 0 Å². The molecule has 0 atom stereocenters. The molecule has 92 valence electrons. The number of fused-ring (bicyclic) bond motifs is 5. The van der Waals surface area contributed by atoms with Gasteiger partial charge in [0.15, 0.2) is 0 Å². The van der Waals surface area contributed by atoms with E-state index in [4.69, 9.17) is 11.6 Å². The van der Waals surface area contributed by atoms with Crippen LogP contribution in [0.2, 0.25) is 5.02 Å². The molecule has 4 rings (SSSR count). The van der Waals surface area contributed by atoms with Crippen molar-refractivity contribution in [3.05, 3.63) is 53.7 Å². The first-order valence-electron chi connectivity index (χ1n) is 5.92. The fraction of sp³-hybridized carbons (Fsp3) is 0. The monoisotopic (exact) mass is 268 g/mol. The lowest BCUT2D eigenvalue weighted by Gasteiger charge is -2.09. The number of halogens is 1. The van der Waals surface area contributed by atoms with Gasteiger partial charge in [-0.15, -0.1) is 0 Å². The highest BCUT2D eigenvalue weighted by molar-refractivity contribution is 6.31. The molecule has 0 saturated carbocycles. The van der Waals surface area contributed by atoms with E-state index in [1.54, 1.807) is 12.3 Å². The molecule has 3 nitrogen and oxygen atoms in total. The third-order valence-electron chi connectivity index (χ3n) is 3.39. The zero-order chi connectivity index (χ0) is 13.0. The predicted molar refractivity (Wildman–Crippen MR) is 76.1 cm³/mol. The van der Waals surface area contributed by atoms with Crippen LogP contribution in [0.1, 0.15) is 0 Å². The second-order valence-electron chi connectivity index (χ2n) is 4.53. The maximum absolute atomic E-state index is 10.1. The Kier molecular flexibility index (Phi) is 2.03. The van der Waals surface area contributed by atoms with E-state index in [2.05, 4.69) is 4.98 Å². The van der Waals surface area contributed by atoms with Gasteiger partial charge in [0.05, 0.1) is 22.9 Å². The van der Waals surface area contributed by atoms with Crippen LogP contribution in [-0.2, 0) is 0 Å². The summed E-state index contributed by atoms with van der Waals surface area (Å²) >= 11 is 5.98. The minimum Gasteiger partial charge on any atom is -0.428 e. The lowest BCUT2D eigenvalue weighted by atomic mass is 10.1. The second kappa shape index (κ2) is 3.62. The molecule has 2 aliphatic rings. The van der Waals surface area contributed by atoms with E-state index in [1.807, 2.05) is 36.4 Å². The van der Waals surface area contributed by atoms with Gasteiger partial charge in [-0.2, -0.15) is 4.73 Å². The summed E-state index contributed by atoms with van der Waals surface area (Å²) in [4.78, 5) is 4.65. The molecule has 0 amide bonds. The average Bonchev–Trinajstić information content (AvgIpc) is 2.78. The maximum Gasteiger partial charge on any atom is 0.0901 e. The van der Waals surface area contributed by atoms with Gasteiger partial charge in [-0.1, -0.05) is 29.8 Å². The third-order valence-corrected chi connectivity index (χ3v) is 3.63. The summed E-state index contributed by atoms with van der Waals surface area (Å²) in [6.45, 7) is 0. The number of para-hydroxylation sites is 1. The highest BCUT2D eigenvalue weighted by Gasteiger charge is 2.17. The van der Waals surface area contributed by atoms with Crippen molar-refractivity contribution in [2.45, 2.75) is 0 Å². The van der Waals surface area contributed by atoms with Crippen LogP contribution in [0.15, 0.2) is 48.7 Å². The zero-order valence-corrected chi connectivity index (χ0v) is 10.6. The van der Waals surface area contributed by atoms with Crippen molar-refractivity contribution in [1.29, 1.82) is 0 Å². The number of hydrogen-bond donors (Lipinski definition) is 1. The van der Waals surface area contributed by atoms with Gasteiger partial charge < -0.3 is 5.21 Å². The summed E-state index contributed by atoms with van der Waals surface area (Å²) in [5.41, 5.74) is 3.41. The number of benzene rings is 2. The number of pyridine rings is 1. The molecule has 0 saturated heterocycles. The smallest absolute Gasteiger partial charge is 0.0901 e. The lowest BCUT2D eigenvalue weighted by molar-refractivity contribution is 0.198. The molecular formula is C15H9ClN2O. The molecule has 1 N–H and O–H groups in total. The van der Waals surface area contributed by atoms with Crippen LogP contribution in [0.25, 0.3) is 33.1 Å². The van der Waals surface area contributed by atoms with Crippen molar-refractivity contribution in [3.63, 3.8) is 0 Å². The first kappa shape index (κ1) is 10.6.